The van der Waals surface area contributed by atoms with E-state index in [1.807, 2.05) is 0 Å². The normalized spacial score (nSPS) is 59.8. The number of fused-ring (bicyclic) bond motifs is 3. The summed E-state index contributed by atoms with van der Waals surface area (Å²) in [5.74, 6) is 0.858. The molecule has 8 atom stereocenters. The molecular weight excluding hydrogens is 304 g/mol. The van der Waals surface area contributed by atoms with Crippen molar-refractivity contribution in [3.8, 4) is 0 Å². The topological polar surface area (TPSA) is 80.9 Å². The van der Waals surface area contributed by atoms with Crippen LogP contribution in [0.3, 0.4) is 0 Å². The maximum absolute atomic E-state index is 11.2. The Hall–Kier alpha value is -0.160. The van der Waals surface area contributed by atoms with Crippen LogP contribution in [0.2, 0.25) is 0 Å². The van der Waals surface area contributed by atoms with Crippen molar-refractivity contribution in [1.29, 1.82) is 0 Å². The first-order valence-corrected chi connectivity index (χ1v) is 9.86. The molecular formula is C20H34O4. The highest BCUT2D eigenvalue weighted by molar-refractivity contribution is 5.19. The molecule has 4 nitrogen and oxygen atoms in total. The van der Waals surface area contributed by atoms with Crippen LogP contribution in [-0.2, 0) is 0 Å². The Morgan fingerprint density at radius 1 is 1.00 bits per heavy atom. The fourth-order valence-corrected chi connectivity index (χ4v) is 8.02. The first kappa shape index (κ1) is 17.3. The zero-order valence-electron chi connectivity index (χ0n) is 15.2. The molecule has 138 valence electrons. The molecule has 0 heterocycles. The van der Waals surface area contributed by atoms with Crippen LogP contribution in [0.1, 0.15) is 65.2 Å². The van der Waals surface area contributed by atoms with E-state index in [9.17, 15) is 20.4 Å². The second kappa shape index (κ2) is 5.18. The molecule has 24 heavy (non-hydrogen) atoms. The monoisotopic (exact) mass is 338 g/mol. The number of rotatable bonds is 2. The van der Waals surface area contributed by atoms with Crippen LogP contribution in [0.15, 0.2) is 0 Å². The van der Waals surface area contributed by atoms with Gasteiger partial charge in [-0.2, -0.15) is 0 Å². The maximum Gasteiger partial charge on any atom is 0.0911 e. The van der Waals surface area contributed by atoms with E-state index in [0.29, 0.717) is 18.3 Å². The number of aliphatic hydroxyl groups is 4. The molecule has 4 rings (SSSR count). The highest BCUT2D eigenvalue weighted by atomic mass is 16.3. The van der Waals surface area contributed by atoms with Crippen molar-refractivity contribution in [1.82, 2.24) is 0 Å². The van der Waals surface area contributed by atoms with Crippen LogP contribution >= 0.6 is 0 Å². The first-order chi connectivity index (χ1) is 11.2. The van der Waals surface area contributed by atoms with Gasteiger partial charge in [0, 0.05) is 12.0 Å². The second-order valence-corrected chi connectivity index (χ2v) is 10.2. The van der Waals surface area contributed by atoms with Crippen molar-refractivity contribution < 1.29 is 20.4 Å². The molecule has 0 aromatic carbocycles. The summed E-state index contributed by atoms with van der Waals surface area (Å²) in [6.45, 7) is 4.60. The lowest BCUT2D eigenvalue weighted by molar-refractivity contribution is -0.206. The molecule has 4 aliphatic rings. The molecule has 4 fully saturated rings. The molecule has 4 aliphatic carbocycles. The Bertz CT molecular complexity index is 524. The SMILES string of the molecule is C[C@]1(CO)CCC[C@]2(C)[C@@H]1C[C@H](O)[C@@]13C[C@@H](CC[C@@H]21)[C@@](O)(CO)C3. The average molecular weight is 338 g/mol. The summed E-state index contributed by atoms with van der Waals surface area (Å²) in [7, 11) is 0. The van der Waals surface area contributed by atoms with E-state index in [1.165, 1.54) is 0 Å². The van der Waals surface area contributed by atoms with E-state index < -0.39 is 11.7 Å². The van der Waals surface area contributed by atoms with Gasteiger partial charge in [-0.3, -0.25) is 0 Å². The summed E-state index contributed by atoms with van der Waals surface area (Å²) in [5.41, 5.74) is -1.22. The smallest absolute Gasteiger partial charge is 0.0911 e. The number of aliphatic hydroxyl groups excluding tert-OH is 3. The van der Waals surface area contributed by atoms with Crippen molar-refractivity contribution >= 4 is 0 Å². The molecule has 0 amide bonds. The van der Waals surface area contributed by atoms with Gasteiger partial charge in [-0.25, -0.2) is 0 Å². The highest BCUT2D eigenvalue weighted by Gasteiger charge is 2.70. The molecule has 1 spiro atoms. The van der Waals surface area contributed by atoms with Crippen LogP contribution in [0.25, 0.3) is 0 Å². The van der Waals surface area contributed by atoms with Crippen LogP contribution in [0, 0.1) is 34.0 Å². The summed E-state index contributed by atoms with van der Waals surface area (Å²) in [4.78, 5) is 0. The van der Waals surface area contributed by atoms with Gasteiger partial charge in [0.2, 0.25) is 0 Å². The van der Waals surface area contributed by atoms with E-state index in [4.69, 9.17) is 0 Å². The molecule has 0 aromatic rings. The molecule has 0 aliphatic heterocycles. The third-order valence-corrected chi connectivity index (χ3v) is 9.17. The van der Waals surface area contributed by atoms with Gasteiger partial charge in [-0.15, -0.1) is 0 Å². The van der Waals surface area contributed by atoms with E-state index >= 15 is 0 Å². The van der Waals surface area contributed by atoms with Gasteiger partial charge < -0.3 is 20.4 Å². The number of hydrogen-bond acceptors (Lipinski definition) is 4. The fraction of sp³-hybridized carbons (Fsp3) is 1.00. The predicted octanol–water partition coefficient (Wildman–Crippen LogP) is 2.09. The minimum Gasteiger partial charge on any atom is -0.396 e. The van der Waals surface area contributed by atoms with Crippen LogP contribution in [-0.4, -0.2) is 45.3 Å². The van der Waals surface area contributed by atoms with Gasteiger partial charge in [0.15, 0.2) is 0 Å². The molecule has 4 saturated carbocycles. The summed E-state index contributed by atoms with van der Waals surface area (Å²) in [6, 6.07) is 0. The van der Waals surface area contributed by atoms with Gasteiger partial charge in [-0.1, -0.05) is 20.3 Å². The lowest BCUT2D eigenvalue weighted by Gasteiger charge is -2.65. The Morgan fingerprint density at radius 2 is 1.75 bits per heavy atom. The van der Waals surface area contributed by atoms with Gasteiger partial charge in [0.1, 0.15) is 0 Å². The van der Waals surface area contributed by atoms with Crippen molar-refractivity contribution in [3.63, 3.8) is 0 Å². The van der Waals surface area contributed by atoms with Gasteiger partial charge in [0.25, 0.3) is 0 Å². The van der Waals surface area contributed by atoms with Crippen LogP contribution in [0.5, 0.6) is 0 Å². The Kier molecular flexibility index (Phi) is 3.73. The third-order valence-electron chi connectivity index (χ3n) is 9.17. The minimum atomic E-state index is -1.01. The van der Waals surface area contributed by atoms with Crippen molar-refractivity contribution in [3.05, 3.63) is 0 Å². The second-order valence-electron chi connectivity index (χ2n) is 10.2. The van der Waals surface area contributed by atoms with E-state index in [1.54, 1.807) is 0 Å². The van der Waals surface area contributed by atoms with E-state index in [0.717, 1.165) is 44.9 Å². The average Bonchev–Trinajstić information content (AvgIpc) is 2.78. The molecule has 0 radical (unpaired) electrons. The zero-order chi connectivity index (χ0) is 17.4. The molecule has 0 aromatic heterocycles. The molecule has 0 saturated heterocycles. The standard InChI is InChI=1S/C20H34O4/c1-17(11-21)6-3-7-18(2)14-5-4-13-9-19(14,10-20(13,24)12-22)16(23)8-15(17)18/h13-16,21-24H,3-12H2,1-2H3/t13-,14+,15-,16+,17-,18+,19-,20+/m1/s1. The first-order valence-electron chi connectivity index (χ1n) is 9.86. The molecule has 4 N–H and O–H groups in total. The summed E-state index contributed by atoms with van der Waals surface area (Å²) < 4.78 is 0. The predicted molar refractivity (Wildman–Crippen MR) is 91.2 cm³/mol. The van der Waals surface area contributed by atoms with Gasteiger partial charge in [0.05, 0.1) is 18.3 Å². The zero-order valence-corrected chi connectivity index (χ0v) is 15.2. The quantitative estimate of drug-likeness (QED) is 0.621. The Balaban J connectivity index is 1.76. The van der Waals surface area contributed by atoms with Gasteiger partial charge >= 0.3 is 0 Å². The highest BCUT2D eigenvalue weighted by Crippen LogP contribution is 2.72. The summed E-state index contributed by atoms with van der Waals surface area (Å²) in [6.07, 6.45) is 7.05. The molecule has 0 unspecified atom stereocenters. The largest absolute Gasteiger partial charge is 0.396 e. The lowest BCUT2D eigenvalue weighted by atomic mass is 9.40. The summed E-state index contributed by atoms with van der Waals surface area (Å²) >= 11 is 0. The maximum atomic E-state index is 11.2. The molecule has 2 bridgehead atoms. The van der Waals surface area contributed by atoms with Crippen molar-refractivity contribution in [2.45, 2.75) is 76.9 Å². The van der Waals surface area contributed by atoms with Crippen molar-refractivity contribution in [2.24, 2.45) is 34.0 Å². The Morgan fingerprint density at radius 3 is 2.42 bits per heavy atom. The Labute approximate surface area is 145 Å². The summed E-state index contributed by atoms with van der Waals surface area (Å²) in [5, 5.41) is 42.0. The number of hydrogen-bond donors (Lipinski definition) is 4. The van der Waals surface area contributed by atoms with E-state index in [-0.39, 0.29) is 35.4 Å². The van der Waals surface area contributed by atoms with Crippen molar-refractivity contribution in [2.75, 3.05) is 13.2 Å². The van der Waals surface area contributed by atoms with Crippen LogP contribution < -0.4 is 0 Å². The van der Waals surface area contributed by atoms with Crippen LogP contribution in [0.4, 0.5) is 0 Å². The van der Waals surface area contributed by atoms with E-state index in [2.05, 4.69) is 13.8 Å². The van der Waals surface area contributed by atoms with Gasteiger partial charge in [-0.05, 0) is 73.5 Å². The lowest BCUT2D eigenvalue weighted by Crippen LogP contribution is -2.62. The third kappa shape index (κ3) is 1.94. The molecule has 4 heteroatoms. The fourth-order valence-electron chi connectivity index (χ4n) is 8.02. The minimum absolute atomic E-state index is 0.0989.